The normalized spacial score (nSPS) is 23.0. The number of aromatic nitrogens is 2. The van der Waals surface area contributed by atoms with Gasteiger partial charge in [0, 0.05) is 49.9 Å². The lowest BCUT2D eigenvalue weighted by molar-refractivity contribution is -0.138. The van der Waals surface area contributed by atoms with E-state index in [2.05, 4.69) is 16.0 Å². The molecule has 1 N–H and O–H groups in total. The van der Waals surface area contributed by atoms with E-state index in [4.69, 9.17) is 0 Å². The number of amides is 1. The van der Waals surface area contributed by atoms with Gasteiger partial charge in [-0.05, 0) is 49.3 Å². The van der Waals surface area contributed by atoms with Crippen LogP contribution in [0.15, 0.2) is 24.5 Å². The fourth-order valence-electron chi connectivity index (χ4n) is 5.18. The summed E-state index contributed by atoms with van der Waals surface area (Å²) in [5, 5.41) is 0.704. The van der Waals surface area contributed by atoms with Crippen LogP contribution in [0.3, 0.4) is 0 Å². The van der Waals surface area contributed by atoms with Crippen molar-refractivity contribution in [3.05, 3.63) is 30.1 Å². The molecule has 0 unspecified atom stereocenters. The Hall–Kier alpha value is -1.93. The van der Waals surface area contributed by atoms with E-state index in [1.54, 1.807) is 15.4 Å². The van der Waals surface area contributed by atoms with E-state index in [-0.39, 0.29) is 11.8 Å². The highest BCUT2D eigenvalue weighted by molar-refractivity contribution is 7.89. The first-order valence-electron chi connectivity index (χ1n) is 10.7. The number of rotatable bonds is 4. The van der Waals surface area contributed by atoms with Gasteiger partial charge in [-0.25, -0.2) is 17.7 Å². The number of H-pyrrole nitrogens is 1. The van der Waals surface area contributed by atoms with Crippen molar-refractivity contribution in [2.24, 2.45) is 5.92 Å². The number of fused-ring (bicyclic) bond motifs is 1. The smallest absolute Gasteiger partial charge is 0.225 e. The molecule has 8 heteroatoms. The Kier molecular flexibility index (Phi) is 4.86. The standard InChI is InChI=1S/C21H28N4O3S/c26-21(16-4-1-2-5-16)24-13-17(14-24)29(27,28)25-10-7-15(8-11-25)19-12-23-20-18(19)6-3-9-22-20/h3,6,9,12,15-17H,1-2,4-5,7-8,10-11,13-14H2,(H,22,23). The molecule has 0 aromatic carbocycles. The quantitative estimate of drug-likeness (QED) is 0.830. The van der Waals surface area contributed by atoms with Crippen molar-refractivity contribution in [2.45, 2.75) is 49.7 Å². The van der Waals surface area contributed by atoms with E-state index >= 15 is 0 Å². The van der Waals surface area contributed by atoms with E-state index < -0.39 is 15.3 Å². The number of pyridine rings is 1. The van der Waals surface area contributed by atoms with Crippen LogP contribution in [-0.4, -0.2) is 64.9 Å². The molecule has 29 heavy (non-hydrogen) atoms. The second-order valence-electron chi connectivity index (χ2n) is 8.71. The lowest BCUT2D eigenvalue weighted by Gasteiger charge is -2.43. The summed E-state index contributed by atoms with van der Waals surface area (Å²) in [5.74, 6) is 0.641. The monoisotopic (exact) mass is 416 g/mol. The molecule has 2 aliphatic heterocycles. The Bertz CT molecular complexity index is 998. The Morgan fingerprint density at radius 2 is 1.83 bits per heavy atom. The molecule has 5 rings (SSSR count). The molecule has 0 radical (unpaired) electrons. The van der Waals surface area contributed by atoms with Gasteiger partial charge in [0.05, 0.1) is 0 Å². The van der Waals surface area contributed by atoms with Crippen molar-refractivity contribution >= 4 is 27.0 Å². The van der Waals surface area contributed by atoms with Crippen LogP contribution >= 0.6 is 0 Å². The summed E-state index contributed by atoms with van der Waals surface area (Å²) in [7, 11) is -3.33. The van der Waals surface area contributed by atoms with Gasteiger partial charge in [-0.15, -0.1) is 0 Å². The first-order valence-corrected chi connectivity index (χ1v) is 12.2. The first kappa shape index (κ1) is 19.1. The Morgan fingerprint density at radius 3 is 2.55 bits per heavy atom. The predicted molar refractivity (Wildman–Crippen MR) is 111 cm³/mol. The zero-order valence-corrected chi connectivity index (χ0v) is 17.4. The maximum Gasteiger partial charge on any atom is 0.225 e. The second-order valence-corrected chi connectivity index (χ2v) is 10.9. The third-order valence-electron chi connectivity index (χ3n) is 7.02. The third kappa shape index (κ3) is 3.36. The van der Waals surface area contributed by atoms with E-state index in [0.717, 1.165) is 49.6 Å². The number of carbonyl (C=O) groups excluding carboxylic acids is 1. The van der Waals surface area contributed by atoms with E-state index in [1.165, 1.54) is 5.56 Å². The van der Waals surface area contributed by atoms with Gasteiger partial charge in [0.15, 0.2) is 0 Å². The number of nitrogens with one attached hydrogen (secondary N) is 1. The molecule has 1 saturated carbocycles. The van der Waals surface area contributed by atoms with Crippen LogP contribution in [0.25, 0.3) is 11.0 Å². The van der Waals surface area contributed by atoms with E-state index in [0.29, 0.717) is 32.1 Å². The molecule has 3 aliphatic rings. The summed E-state index contributed by atoms with van der Waals surface area (Å²) < 4.78 is 27.7. The highest BCUT2D eigenvalue weighted by Crippen LogP contribution is 2.35. The van der Waals surface area contributed by atoms with Crippen LogP contribution in [0.1, 0.15) is 50.0 Å². The third-order valence-corrected chi connectivity index (χ3v) is 9.25. The minimum atomic E-state index is -3.33. The summed E-state index contributed by atoms with van der Waals surface area (Å²) in [4.78, 5) is 21.8. The van der Waals surface area contributed by atoms with E-state index in [1.807, 2.05) is 12.3 Å². The van der Waals surface area contributed by atoms with Gasteiger partial charge in [0.1, 0.15) is 10.9 Å². The van der Waals surface area contributed by atoms with Crippen LogP contribution in [0.4, 0.5) is 0 Å². The number of hydrogen-bond donors (Lipinski definition) is 1. The van der Waals surface area contributed by atoms with Gasteiger partial charge < -0.3 is 9.88 Å². The first-order chi connectivity index (χ1) is 14.0. The Morgan fingerprint density at radius 1 is 1.10 bits per heavy atom. The van der Waals surface area contributed by atoms with Crippen LogP contribution < -0.4 is 0 Å². The van der Waals surface area contributed by atoms with Crippen LogP contribution in [-0.2, 0) is 14.8 Å². The summed E-state index contributed by atoms with van der Waals surface area (Å²) in [6.07, 6.45) is 9.59. The molecule has 2 aromatic rings. The highest BCUT2D eigenvalue weighted by atomic mass is 32.2. The zero-order valence-electron chi connectivity index (χ0n) is 16.6. The summed E-state index contributed by atoms with van der Waals surface area (Å²) >= 11 is 0. The minimum Gasteiger partial charge on any atom is -0.346 e. The van der Waals surface area contributed by atoms with Crippen molar-refractivity contribution in [1.82, 2.24) is 19.2 Å². The summed E-state index contributed by atoms with van der Waals surface area (Å²) in [6.45, 7) is 1.83. The minimum absolute atomic E-state index is 0.125. The highest BCUT2D eigenvalue weighted by Gasteiger charge is 2.45. The molecule has 4 heterocycles. The van der Waals surface area contributed by atoms with Crippen molar-refractivity contribution in [3.63, 3.8) is 0 Å². The number of nitrogens with zero attached hydrogens (tertiary/aromatic N) is 3. The molecule has 0 atom stereocenters. The predicted octanol–water partition coefficient (Wildman–Crippen LogP) is 2.47. The number of piperidine rings is 1. The topological polar surface area (TPSA) is 86.4 Å². The lowest BCUT2D eigenvalue weighted by Crippen LogP contribution is -2.61. The fraction of sp³-hybridized carbons (Fsp3) is 0.619. The van der Waals surface area contributed by atoms with Crippen LogP contribution in [0, 0.1) is 5.92 Å². The molecule has 2 saturated heterocycles. The van der Waals surface area contributed by atoms with Gasteiger partial charge >= 0.3 is 0 Å². The van der Waals surface area contributed by atoms with Gasteiger partial charge in [0.25, 0.3) is 0 Å². The lowest BCUT2D eigenvalue weighted by atomic mass is 9.90. The number of sulfonamides is 1. The number of likely N-dealkylation sites (tertiary alicyclic amines) is 1. The Balaban J connectivity index is 1.19. The molecule has 1 aliphatic carbocycles. The molecule has 2 aromatic heterocycles. The van der Waals surface area contributed by atoms with Crippen LogP contribution in [0.5, 0.6) is 0 Å². The molecule has 156 valence electrons. The molecule has 0 bridgehead atoms. The van der Waals surface area contributed by atoms with Gasteiger partial charge in [0.2, 0.25) is 15.9 Å². The molecule has 7 nitrogen and oxygen atoms in total. The average Bonchev–Trinajstić information content (AvgIpc) is 3.37. The van der Waals surface area contributed by atoms with Crippen LogP contribution in [0.2, 0.25) is 0 Å². The molecule has 0 spiro atoms. The Labute approximate surface area is 171 Å². The largest absolute Gasteiger partial charge is 0.346 e. The van der Waals surface area contributed by atoms with Crippen molar-refractivity contribution in [3.8, 4) is 0 Å². The molecular weight excluding hydrogens is 388 g/mol. The fourth-order valence-corrected chi connectivity index (χ4v) is 7.06. The second kappa shape index (κ2) is 7.40. The molecular formula is C21H28N4O3S. The van der Waals surface area contributed by atoms with Crippen molar-refractivity contribution in [1.29, 1.82) is 0 Å². The van der Waals surface area contributed by atoms with Crippen molar-refractivity contribution < 1.29 is 13.2 Å². The van der Waals surface area contributed by atoms with Gasteiger partial charge in [-0.2, -0.15) is 0 Å². The number of aromatic amines is 1. The average molecular weight is 417 g/mol. The van der Waals surface area contributed by atoms with Gasteiger partial charge in [-0.1, -0.05) is 12.8 Å². The van der Waals surface area contributed by atoms with Gasteiger partial charge in [-0.3, -0.25) is 4.79 Å². The molecule has 1 amide bonds. The zero-order chi connectivity index (χ0) is 20.0. The SMILES string of the molecule is O=C(C1CCCC1)N1CC(S(=O)(=O)N2CCC(c3c[nH]c4ncccc34)CC2)C1. The molecule has 3 fully saturated rings. The maximum absolute atomic E-state index is 13.0. The summed E-state index contributed by atoms with van der Waals surface area (Å²) in [5.41, 5.74) is 2.13. The number of carbonyl (C=O) groups is 1. The number of hydrogen-bond acceptors (Lipinski definition) is 4. The van der Waals surface area contributed by atoms with Crippen molar-refractivity contribution in [2.75, 3.05) is 26.2 Å². The maximum atomic E-state index is 13.0. The van der Waals surface area contributed by atoms with E-state index in [9.17, 15) is 13.2 Å². The summed E-state index contributed by atoms with van der Waals surface area (Å²) in [6, 6.07) is 4.01.